The van der Waals surface area contributed by atoms with Gasteiger partial charge in [0.15, 0.2) is 0 Å². The van der Waals surface area contributed by atoms with Crippen LogP contribution in [0.25, 0.3) is 0 Å². The molecule has 3 nitrogen and oxygen atoms in total. The van der Waals surface area contributed by atoms with Crippen LogP contribution in [0.3, 0.4) is 0 Å². The zero-order chi connectivity index (χ0) is 12.8. The lowest BCUT2D eigenvalue weighted by molar-refractivity contribution is -0.137. The minimum atomic E-state index is -0.703. The van der Waals surface area contributed by atoms with Gasteiger partial charge < -0.3 is 9.84 Å². The summed E-state index contributed by atoms with van der Waals surface area (Å²) in [5.74, 6) is -0.703. The van der Waals surface area contributed by atoms with Gasteiger partial charge in [0.1, 0.15) is 0 Å². The maximum atomic E-state index is 11.0. The summed E-state index contributed by atoms with van der Waals surface area (Å²) >= 11 is 0. The van der Waals surface area contributed by atoms with Crippen molar-refractivity contribution >= 4 is 5.97 Å². The van der Waals surface area contributed by atoms with Crippen LogP contribution >= 0.6 is 0 Å². The molecule has 1 N–H and O–H groups in total. The molecule has 2 aliphatic carbocycles. The lowest BCUT2D eigenvalue weighted by Gasteiger charge is -2.18. The monoisotopic (exact) mass is 246 g/mol. The predicted octanol–water partition coefficient (Wildman–Crippen LogP) is 2.83. The van der Waals surface area contributed by atoms with Gasteiger partial charge in [-0.1, -0.05) is 24.3 Å². The maximum Gasteiger partial charge on any atom is 0.304 e. The molecule has 1 aromatic carbocycles. The van der Waals surface area contributed by atoms with Gasteiger partial charge in [-0.2, -0.15) is 0 Å². The highest BCUT2D eigenvalue weighted by Gasteiger charge is 2.48. The first-order valence-corrected chi connectivity index (χ1v) is 6.48. The van der Waals surface area contributed by atoms with Crippen molar-refractivity contribution < 1.29 is 14.6 Å². The Hall–Kier alpha value is -1.35. The van der Waals surface area contributed by atoms with E-state index in [-0.39, 0.29) is 17.4 Å². The number of hydrogen-bond donors (Lipinski definition) is 1. The highest BCUT2D eigenvalue weighted by molar-refractivity contribution is 5.70. The quantitative estimate of drug-likeness (QED) is 0.869. The fourth-order valence-electron chi connectivity index (χ4n) is 2.86. The Morgan fingerprint density at radius 3 is 2.44 bits per heavy atom. The van der Waals surface area contributed by atoms with E-state index < -0.39 is 5.97 Å². The second-order valence-corrected chi connectivity index (χ2v) is 5.63. The SMILES string of the molecule is COC1(c2cccc(C3(CC(=O)O)CC3)c2)CC1. The summed E-state index contributed by atoms with van der Waals surface area (Å²) in [6.45, 7) is 0. The summed E-state index contributed by atoms with van der Waals surface area (Å²) in [5.41, 5.74) is 2.19. The number of carboxylic acids is 1. The van der Waals surface area contributed by atoms with Crippen LogP contribution in [0.4, 0.5) is 0 Å². The molecule has 0 aliphatic heterocycles. The Morgan fingerprint density at radius 2 is 1.94 bits per heavy atom. The summed E-state index contributed by atoms with van der Waals surface area (Å²) in [5, 5.41) is 9.01. The molecule has 2 saturated carbocycles. The van der Waals surface area contributed by atoms with E-state index in [1.165, 1.54) is 11.1 Å². The molecule has 0 saturated heterocycles. The molecule has 0 aromatic heterocycles. The number of benzene rings is 1. The first-order chi connectivity index (χ1) is 8.60. The number of rotatable bonds is 5. The lowest BCUT2D eigenvalue weighted by Crippen LogP contribution is -2.15. The van der Waals surface area contributed by atoms with E-state index in [4.69, 9.17) is 9.84 Å². The van der Waals surface area contributed by atoms with Gasteiger partial charge in [0.25, 0.3) is 0 Å². The highest BCUT2D eigenvalue weighted by atomic mass is 16.5. The summed E-state index contributed by atoms with van der Waals surface area (Å²) < 4.78 is 5.59. The Kier molecular flexibility index (Phi) is 2.49. The van der Waals surface area contributed by atoms with Crippen LogP contribution in [0.2, 0.25) is 0 Å². The Bertz CT molecular complexity index is 484. The van der Waals surface area contributed by atoms with Gasteiger partial charge in [-0.25, -0.2) is 0 Å². The van der Waals surface area contributed by atoms with Gasteiger partial charge in [0.2, 0.25) is 0 Å². The first kappa shape index (κ1) is 11.7. The second kappa shape index (κ2) is 3.82. The maximum absolute atomic E-state index is 11.0. The molecule has 0 atom stereocenters. The lowest BCUT2D eigenvalue weighted by atomic mass is 9.90. The fourth-order valence-corrected chi connectivity index (χ4v) is 2.86. The molecule has 0 amide bonds. The van der Waals surface area contributed by atoms with Crippen molar-refractivity contribution in [2.75, 3.05) is 7.11 Å². The fraction of sp³-hybridized carbons (Fsp3) is 0.533. The summed E-state index contributed by atoms with van der Waals surface area (Å²) in [4.78, 5) is 11.0. The van der Waals surface area contributed by atoms with Crippen molar-refractivity contribution in [2.45, 2.75) is 43.1 Å². The minimum Gasteiger partial charge on any atom is -0.481 e. The first-order valence-electron chi connectivity index (χ1n) is 6.48. The number of hydrogen-bond acceptors (Lipinski definition) is 2. The van der Waals surface area contributed by atoms with Gasteiger partial charge in [-0.15, -0.1) is 0 Å². The van der Waals surface area contributed by atoms with Crippen LogP contribution in [0, 0.1) is 0 Å². The van der Waals surface area contributed by atoms with Gasteiger partial charge in [0, 0.05) is 12.5 Å². The van der Waals surface area contributed by atoms with Gasteiger partial charge in [-0.05, 0) is 36.8 Å². The van der Waals surface area contributed by atoms with Crippen molar-refractivity contribution in [3.63, 3.8) is 0 Å². The third kappa shape index (κ3) is 1.83. The molecule has 2 fully saturated rings. The van der Waals surface area contributed by atoms with E-state index in [1.54, 1.807) is 7.11 Å². The molecule has 0 spiro atoms. The van der Waals surface area contributed by atoms with Crippen LogP contribution < -0.4 is 0 Å². The van der Waals surface area contributed by atoms with Crippen LogP contribution in [-0.4, -0.2) is 18.2 Å². The molecular formula is C15H18O3. The number of methoxy groups -OCH3 is 1. The Labute approximate surface area is 107 Å². The highest BCUT2D eigenvalue weighted by Crippen LogP contribution is 2.54. The van der Waals surface area contributed by atoms with Crippen molar-refractivity contribution in [1.82, 2.24) is 0 Å². The second-order valence-electron chi connectivity index (χ2n) is 5.63. The molecule has 3 heteroatoms. The van der Waals surface area contributed by atoms with Crippen molar-refractivity contribution in [1.29, 1.82) is 0 Å². The molecule has 0 unspecified atom stereocenters. The molecular weight excluding hydrogens is 228 g/mol. The normalized spacial score (nSPS) is 22.5. The molecule has 0 bridgehead atoms. The van der Waals surface area contributed by atoms with E-state index in [0.717, 1.165) is 25.7 Å². The topological polar surface area (TPSA) is 46.5 Å². The standard InChI is InChI=1S/C15H18O3/c1-18-15(7-8-15)12-4-2-3-11(9-12)14(5-6-14)10-13(16)17/h2-4,9H,5-8,10H2,1H3,(H,16,17). The summed E-state index contributed by atoms with van der Waals surface area (Å²) in [6, 6.07) is 8.35. The molecule has 0 radical (unpaired) electrons. The van der Waals surface area contributed by atoms with E-state index in [2.05, 4.69) is 18.2 Å². The Balaban J connectivity index is 1.90. The average molecular weight is 246 g/mol. The number of aliphatic carboxylic acids is 1. The smallest absolute Gasteiger partial charge is 0.304 e. The third-order valence-corrected chi connectivity index (χ3v) is 4.44. The van der Waals surface area contributed by atoms with Crippen LogP contribution in [-0.2, 0) is 20.5 Å². The average Bonchev–Trinajstić information content (AvgIpc) is 3.24. The zero-order valence-electron chi connectivity index (χ0n) is 10.6. The van der Waals surface area contributed by atoms with Crippen LogP contribution in [0.5, 0.6) is 0 Å². The number of carboxylic acid groups (broad SMARTS) is 1. The largest absolute Gasteiger partial charge is 0.481 e. The van der Waals surface area contributed by atoms with Crippen molar-refractivity contribution in [2.24, 2.45) is 0 Å². The third-order valence-electron chi connectivity index (χ3n) is 4.44. The minimum absolute atomic E-state index is 0.0880. The summed E-state index contributed by atoms with van der Waals surface area (Å²) in [6.07, 6.45) is 4.36. The molecule has 2 aliphatic rings. The molecule has 1 aromatic rings. The molecule has 3 rings (SSSR count). The Morgan fingerprint density at radius 1 is 1.28 bits per heavy atom. The van der Waals surface area contributed by atoms with E-state index in [1.807, 2.05) is 6.07 Å². The van der Waals surface area contributed by atoms with Crippen molar-refractivity contribution in [3.8, 4) is 0 Å². The van der Waals surface area contributed by atoms with Crippen LogP contribution in [0.15, 0.2) is 24.3 Å². The zero-order valence-corrected chi connectivity index (χ0v) is 10.6. The van der Waals surface area contributed by atoms with E-state index in [0.29, 0.717) is 0 Å². The summed E-state index contributed by atoms with van der Waals surface area (Å²) in [7, 11) is 1.75. The molecule has 18 heavy (non-hydrogen) atoms. The number of ether oxygens (including phenoxy) is 1. The predicted molar refractivity (Wildman–Crippen MR) is 67.5 cm³/mol. The van der Waals surface area contributed by atoms with Gasteiger partial charge in [0.05, 0.1) is 12.0 Å². The molecule has 96 valence electrons. The van der Waals surface area contributed by atoms with Crippen molar-refractivity contribution in [3.05, 3.63) is 35.4 Å². The van der Waals surface area contributed by atoms with E-state index >= 15 is 0 Å². The van der Waals surface area contributed by atoms with Gasteiger partial charge in [-0.3, -0.25) is 4.79 Å². The number of carbonyl (C=O) groups is 1. The van der Waals surface area contributed by atoms with Crippen LogP contribution in [0.1, 0.15) is 43.2 Å². The molecule has 0 heterocycles. The van der Waals surface area contributed by atoms with Gasteiger partial charge >= 0.3 is 5.97 Å². The van der Waals surface area contributed by atoms with E-state index in [9.17, 15) is 4.79 Å².